The Morgan fingerprint density at radius 3 is 2.59 bits per heavy atom. The highest BCUT2D eigenvalue weighted by Crippen LogP contribution is 2.11. The Labute approximate surface area is 106 Å². The third-order valence-corrected chi connectivity index (χ3v) is 3.23. The van der Waals surface area contributed by atoms with Crippen molar-refractivity contribution in [2.75, 3.05) is 20.1 Å². The molecule has 1 atom stereocenters. The molecular weight excluding hydrogens is 208 g/mol. The molecule has 0 radical (unpaired) electrons. The Morgan fingerprint density at radius 2 is 1.94 bits per heavy atom. The van der Waals surface area contributed by atoms with Crippen LogP contribution >= 0.6 is 0 Å². The second kappa shape index (κ2) is 6.77. The minimum absolute atomic E-state index is 0.304. The highest BCUT2D eigenvalue weighted by molar-refractivity contribution is 5.30. The second-order valence-corrected chi connectivity index (χ2v) is 5.25. The van der Waals surface area contributed by atoms with Crippen LogP contribution in [0.3, 0.4) is 0 Å². The highest BCUT2D eigenvalue weighted by Gasteiger charge is 2.03. The van der Waals surface area contributed by atoms with Crippen LogP contribution < -0.4 is 5.73 Å². The van der Waals surface area contributed by atoms with Gasteiger partial charge in [0.2, 0.25) is 0 Å². The van der Waals surface area contributed by atoms with Gasteiger partial charge in [0.05, 0.1) is 0 Å². The summed E-state index contributed by atoms with van der Waals surface area (Å²) >= 11 is 0. The number of likely N-dealkylation sites (N-methyl/N-ethyl adjacent to an activating group) is 1. The molecule has 0 spiro atoms. The Hall–Kier alpha value is -0.860. The fourth-order valence-corrected chi connectivity index (χ4v) is 1.92. The van der Waals surface area contributed by atoms with Crippen molar-refractivity contribution in [3.05, 3.63) is 34.9 Å². The summed E-state index contributed by atoms with van der Waals surface area (Å²) in [6.45, 7) is 8.61. The molecule has 0 heterocycles. The molecule has 2 N–H and O–H groups in total. The zero-order valence-corrected chi connectivity index (χ0v) is 11.7. The van der Waals surface area contributed by atoms with Gasteiger partial charge in [0, 0.05) is 12.6 Å². The molecule has 2 heteroatoms. The van der Waals surface area contributed by atoms with Crippen LogP contribution in [-0.4, -0.2) is 31.1 Å². The Morgan fingerprint density at radius 1 is 1.24 bits per heavy atom. The van der Waals surface area contributed by atoms with E-state index >= 15 is 0 Å². The van der Waals surface area contributed by atoms with E-state index in [1.54, 1.807) is 0 Å². The molecule has 96 valence electrons. The van der Waals surface area contributed by atoms with Crippen molar-refractivity contribution in [3.63, 3.8) is 0 Å². The quantitative estimate of drug-likeness (QED) is 0.819. The van der Waals surface area contributed by atoms with E-state index in [2.05, 4.69) is 50.9 Å². The second-order valence-electron chi connectivity index (χ2n) is 5.25. The molecular formula is C15H26N2. The predicted octanol–water partition coefficient (Wildman–Crippen LogP) is 2.52. The zero-order valence-electron chi connectivity index (χ0n) is 11.7. The molecule has 0 amide bonds. The van der Waals surface area contributed by atoms with E-state index in [1.807, 2.05) is 0 Å². The highest BCUT2D eigenvalue weighted by atomic mass is 15.1. The predicted molar refractivity (Wildman–Crippen MR) is 75.4 cm³/mol. The Kier molecular flexibility index (Phi) is 5.66. The summed E-state index contributed by atoms with van der Waals surface area (Å²) in [4.78, 5) is 2.37. The molecule has 1 rings (SSSR count). The maximum atomic E-state index is 5.77. The lowest BCUT2D eigenvalue weighted by Gasteiger charge is -2.18. The Balaban J connectivity index is 2.41. The van der Waals surface area contributed by atoms with Crippen molar-refractivity contribution in [3.8, 4) is 0 Å². The van der Waals surface area contributed by atoms with Gasteiger partial charge in [-0.3, -0.25) is 0 Å². The normalized spacial score (nSPS) is 13.1. The number of benzene rings is 1. The van der Waals surface area contributed by atoms with Gasteiger partial charge in [0.15, 0.2) is 0 Å². The van der Waals surface area contributed by atoms with Crippen LogP contribution in [0.4, 0.5) is 0 Å². The van der Waals surface area contributed by atoms with Crippen molar-refractivity contribution in [2.45, 2.75) is 39.7 Å². The van der Waals surface area contributed by atoms with E-state index in [0.29, 0.717) is 6.04 Å². The number of hydrogen-bond donors (Lipinski definition) is 1. The fraction of sp³-hybridized carbons (Fsp3) is 0.600. The van der Waals surface area contributed by atoms with Crippen LogP contribution in [0.15, 0.2) is 18.2 Å². The molecule has 0 aliphatic carbocycles. The summed E-state index contributed by atoms with van der Waals surface area (Å²) in [5.41, 5.74) is 9.99. The van der Waals surface area contributed by atoms with Gasteiger partial charge in [0.1, 0.15) is 0 Å². The number of nitrogens with two attached hydrogens (primary N) is 1. The lowest BCUT2D eigenvalue weighted by atomic mass is 10.0. The van der Waals surface area contributed by atoms with E-state index in [4.69, 9.17) is 5.73 Å². The maximum Gasteiger partial charge on any atom is 0.00226 e. The lowest BCUT2D eigenvalue weighted by Crippen LogP contribution is -2.27. The molecule has 0 aromatic heterocycles. The lowest BCUT2D eigenvalue weighted by molar-refractivity contribution is 0.324. The van der Waals surface area contributed by atoms with Gasteiger partial charge >= 0.3 is 0 Å². The first-order valence-electron chi connectivity index (χ1n) is 6.49. The van der Waals surface area contributed by atoms with Crippen LogP contribution in [-0.2, 0) is 6.42 Å². The van der Waals surface area contributed by atoms with Crippen molar-refractivity contribution >= 4 is 0 Å². The minimum Gasteiger partial charge on any atom is -0.328 e. The number of rotatable bonds is 6. The summed E-state index contributed by atoms with van der Waals surface area (Å²) in [5, 5.41) is 0. The summed E-state index contributed by atoms with van der Waals surface area (Å²) in [6, 6.07) is 7.00. The van der Waals surface area contributed by atoms with Crippen LogP contribution in [0.5, 0.6) is 0 Å². The first-order chi connectivity index (χ1) is 7.99. The summed E-state index contributed by atoms with van der Waals surface area (Å²) in [7, 11) is 2.17. The largest absolute Gasteiger partial charge is 0.328 e. The van der Waals surface area contributed by atoms with Gasteiger partial charge in [-0.05, 0) is 58.3 Å². The maximum absolute atomic E-state index is 5.77. The minimum atomic E-state index is 0.304. The van der Waals surface area contributed by atoms with Gasteiger partial charge in [-0.1, -0.05) is 23.8 Å². The Bertz CT molecular complexity index is 345. The van der Waals surface area contributed by atoms with E-state index < -0.39 is 0 Å². The molecule has 0 aliphatic rings. The van der Waals surface area contributed by atoms with Gasteiger partial charge in [0.25, 0.3) is 0 Å². The van der Waals surface area contributed by atoms with E-state index in [1.165, 1.54) is 16.7 Å². The molecule has 0 fully saturated rings. The molecule has 2 nitrogen and oxygen atoms in total. The van der Waals surface area contributed by atoms with Crippen molar-refractivity contribution < 1.29 is 0 Å². The monoisotopic (exact) mass is 234 g/mol. The first kappa shape index (κ1) is 14.2. The molecule has 0 bridgehead atoms. The average Bonchev–Trinajstić information content (AvgIpc) is 2.27. The molecule has 0 saturated carbocycles. The van der Waals surface area contributed by atoms with E-state index in [0.717, 1.165) is 25.9 Å². The first-order valence-corrected chi connectivity index (χ1v) is 6.49. The molecule has 0 saturated heterocycles. The molecule has 17 heavy (non-hydrogen) atoms. The molecule has 1 unspecified atom stereocenters. The van der Waals surface area contributed by atoms with Gasteiger partial charge < -0.3 is 10.6 Å². The topological polar surface area (TPSA) is 29.3 Å². The van der Waals surface area contributed by atoms with Gasteiger partial charge in [-0.25, -0.2) is 0 Å². The van der Waals surface area contributed by atoms with Crippen molar-refractivity contribution in [1.82, 2.24) is 4.90 Å². The van der Waals surface area contributed by atoms with E-state index in [9.17, 15) is 0 Å². The van der Waals surface area contributed by atoms with Crippen molar-refractivity contribution in [1.29, 1.82) is 0 Å². The van der Waals surface area contributed by atoms with Crippen LogP contribution in [0, 0.1) is 13.8 Å². The third-order valence-electron chi connectivity index (χ3n) is 3.23. The van der Waals surface area contributed by atoms with Crippen LogP contribution in [0.1, 0.15) is 30.0 Å². The summed E-state index contributed by atoms with van der Waals surface area (Å²) < 4.78 is 0. The van der Waals surface area contributed by atoms with Crippen molar-refractivity contribution in [2.24, 2.45) is 5.73 Å². The number of nitrogens with zero attached hydrogens (tertiary/aromatic N) is 1. The van der Waals surface area contributed by atoms with Gasteiger partial charge in [-0.2, -0.15) is 0 Å². The van der Waals surface area contributed by atoms with Crippen LogP contribution in [0.2, 0.25) is 0 Å². The smallest absolute Gasteiger partial charge is 0.00226 e. The number of aryl methyl sites for hydroxylation is 2. The summed E-state index contributed by atoms with van der Waals surface area (Å²) in [5.74, 6) is 0. The van der Waals surface area contributed by atoms with E-state index in [-0.39, 0.29) is 0 Å². The zero-order chi connectivity index (χ0) is 12.8. The molecule has 1 aromatic rings. The van der Waals surface area contributed by atoms with Crippen LogP contribution in [0.25, 0.3) is 0 Å². The number of hydrogen-bond acceptors (Lipinski definition) is 2. The third kappa shape index (κ3) is 5.33. The van der Waals surface area contributed by atoms with Gasteiger partial charge in [-0.15, -0.1) is 0 Å². The SMILES string of the molecule is Cc1ccc(C)c(CCN(C)CCC(C)N)c1. The standard InChI is InChI=1S/C15H26N2/c1-12-5-6-13(2)15(11-12)8-10-17(4)9-7-14(3)16/h5-6,11,14H,7-10,16H2,1-4H3. The molecule has 0 aliphatic heterocycles. The fourth-order valence-electron chi connectivity index (χ4n) is 1.92. The molecule has 1 aromatic carbocycles. The average molecular weight is 234 g/mol. The summed E-state index contributed by atoms with van der Waals surface area (Å²) in [6.07, 6.45) is 2.20.